The molecular formula is C16H22N2O3S. The Morgan fingerprint density at radius 3 is 2.41 bits per heavy atom. The van der Waals surface area contributed by atoms with Crippen molar-refractivity contribution in [3.05, 3.63) is 23.8 Å². The van der Waals surface area contributed by atoms with Crippen LogP contribution in [-0.4, -0.2) is 38.3 Å². The van der Waals surface area contributed by atoms with Crippen molar-refractivity contribution in [2.75, 3.05) is 24.5 Å². The molecule has 0 atom stereocenters. The monoisotopic (exact) mass is 322 g/mol. The van der Waals surface area contributed by atoms with Gasteiger partial charge >= 0.3 is 0 Å². The van der Waals surface area contributed by atoms with Gasteiger partial charge in [-0.1, -0.05) is 13.8 Å². The summed E-state index contributed by atoms with van der Waals surface area (Å²) in [5.74, 6) is -0.0121. The zero-order valence-electron chi connectivity index (χ0n) is 13.3. The van der Waals surface area contributed by atoms with Crippen molar-refractivity contribution in [1.82, 2.24) is 4.31 Å². The van der Waals surface area contributed by atoms with Gasteiger partial charge in [0.2, 0.25) is 15.9 Å². The summed E-state index contributed by atoms with van der Waals surface area (Å²) >= 11 is 0. The molecule has 3 rings (SSSR count). The number of amides is 1. The summed E-state index contributed by atoms with van der Waals surface area (Å²) < 4.78 is 27.0. The minimum Gasteiger partial charge on any atom is -0.311 e. The fourth-order valence-electron chi connectivity index (χ4n) is 3.38. The van der Waals surface area contributed by atoms with E-state index in [0.29, 0.717) is 24.5 Å². The number of benzene rings is 1. The Morgan fingerprint density at radius 1 is 1.18 bits per heavy atom. The van der Waals surface area contributed by atoms with E-state index in [1.807, 2.05) is 13.8 Å². The molecule has 22 heavy (non-hydrogen) atoms. The third-order valence-electron chi connectivity index (χ3n) is 4.62. The molecule has 0 radical (unpaired) electrons. The van der Waals surface area contributed by atoms with Gasteiger partial charge in [-0.3, -0.25) is 4.79 Å². The minimum absolute atomic E-state index is 0.0121. The Kier molecular flexibility index (Phi) is 3.57. The van der Waals surface area contributed by atoms with Crippen LogP contribution in [0, 0.1) is 0 Å². The minimum atomic E-state index is -3.42. The van der Waals surface area contributed by atoms with E-state index in [1.165, 1.54) is 0 Å². The standard InChI is InChI=1S/C16H22N2O3S/c1-12(19)18-11-16(2,3)14-10-13(6-7-15(14)18)22(20,21)17-8-4-5-9-17/h6-7,10H,4-5,8-9,11H2,1-3H3. The van der Waals surface area contributed by atoms with Crippen LogP contribution in [0.15, 0.2) is 23.1 Å². The van der Waals surface area contributed by atoms with Crippen LogP contribution in [0.5, 0.6) is 0 Å². The third kappa shape index (κ3) is 2.34. The van der Waals surface area contributed by atoms with Gasteiger partial charge in [0.1, 0.15) is 0 Å². The topological polar surface area (TPSA) is 57.7 Å². The first-order valence-electron chi connectivity index (χ1n) is 7.66. The maximum absolute atomic E-state index is 12.7. The molecule has 120 valence electrons. The Morgan fingerprint density at radius 2 is 1.82 bits per heavy atom. The lowest BCUT2D eigenvalue weighted by molar-refractivity contribution is -0.116. The summed E-state index contributed by atoms with van der Waals surface area (Å²) in [4.78, 5) is 13.9. The highest BCUT2D eigenvalue weighted by molar-refractivity contribution is 7.89. The molecule has 0 aliphatic carbocycles. The van der Waals surface area contributed by atoms with Crippen LogP contribution in [0.25, 0.3) is 0 Å². The SMILES string of the molecule is CC(=O)N1CC(C)(C)c2cc(S(=O)(=O)N3CCCC3)ccc21. The van der Waals surface area contributed by atoms with Crippen molar-refractivity contribution in [1.29, 1.82) is 0 Å². The molecule has 1 amide bonds. The second-order valence-electron chi connectivity index (χ2n) is 6.78. The molecule has 1 aromatic carbocycles. The van der Waals surface area contributed by atoms with Gasteiger partial charge in [0.05, 0.1) is 4.90 Å². The second-order valence-corrected chi connectivity index (χ2v) is 8.72. The lowest BCUT2D eigenvalue weighted by atomic mass is 9.87. The number of rotatable bonds is 2. The maximum atomic E-state index is 12.7. The molecule has 1 aromatic rings. The first kappa shape index (κ1) is 15.5. The summed E-state index contributed by atoms with van der Waals surface area (Å²) in [7, 11) is -3.42. The molecule has 1 saturated heterocycles. The van der Waals surface area contributed by atoms with E-state index >= 15 is 0 Å². The largest absolute Gasteiger partial charge is 0.311 e. The molecule has 2 aliphatic rings. The summed E-state index contributed by atoms with van der Waals surface area (Å²) in [6, 6.07) is 5.16. The molecule has 0 spiro atoms. The van der Waals surface area contributed by atoms with E-state index in [2.05, 4.69) is 0 Å². The highest BCUT2D eigenvalue weighted by Crippen LogP contribution is 2.42. The number of anilines is 1. The fourth-order valence-corrected chi connectivity index (χ4v) is 4.92. The van der Waals surface area contributed by atoms with Crippen LogP contribution in [-0.2, 0) is 20.2 Å². The molecule has 0 bridgehead atoms. The van der Waals surface area contributed by atoms with Crippen LogP contribution in [0.2, 0.25) is 0 Å². The average molecular weight is 322 g/mol. The Labute approximate surface area is 132 Å². The summed E-state index contributed by atoms with van der Waals surface area (Å²) in [5, 5.41) is 0. The molecule has 0 N–H and O–H groups in total. The fraction of sp³-hybridized carbons (Fsp3) is 0.562. The summed E-state index contributed by atoms with van der Waals surface area (Å²) in [6.07, 6.45) is 1.85. The molecule has 5 nitrogen and oxygen atoms in total. The van der Waals surface area contributed by atoms with E-state index in [-0.39, 0.29) is 11.3 Å². The van der Waals surface area contributed by atoms with E-state index in [1.54, 1.807) is 34.3 Å². The number of fused-ring (bicyclic) bond motifs is 1. The Hall–Kier alpha value is -1.40. The number of hydrogen-bond donors (Lipinski definition) is 0. The predicted octanol–water partition coefficient (Wildman–Crippen LogP) is 2.12. The lowest BCUT2D eigenvalue weighted by Gasteiger charge is -2.20. The first-order chi connectivity index (χ1) is 10.2. The van der Waals surface area contributed by atoms with Gasteiger partial charge in [-0.2, -0.15) is 4.31 Å². The van der Waals surface area contributed by atoms with Crippen molar-refractivity contribution in [3.8, 4) is 0 Å². The molecule has 1 fully saturated rings. The molecule has 2 heterocycles. The molecule has 0 saturated carbocycles. The smallest absolute Gasteiger partial charge is 0.243 e. The molecule has 0 unspecified atom stereocenters. The average Bonchev–Trinajstić information content (AvgIpc) is 3.06. The first-order valence-corrected chi connectivity index (χ1v) is 9.10. The van der Waals surface area contributed by atoms with E-state index in [9.17, 15) is 13.2 Å². The quantitative estimate of drug-likeness (QED) is 0.838. The normalized spacial score (nSPS) is 21.1. The van der Waals surface area contributed by atoms with E-state index < -0.39 is 10.0 Å². The van der Waals surface area contributed by atoms with E-state index in [0.717, 1.165) is 24.1 Å². The van der Waals surface area contributed by atoms with Crippen LogP contribution in [0.1, 0.15) is 39.2 Å². The zero-order valence-corrected chi connectivity index (χ0v) is 14.1. The molecule has 6 heteroatoms. The lowest BCUT2D eigenvalue weighted by Crippen LogP contribution is -2.31. The number of hydrogen-bond acceptors (Lipinski definition) is 3. The van der Waals surface area contributed by atoms with Gasteiger partial charge < -0.3 is 4.90 Å². The Balaban J connectivity index is 2.06. The number of nitrogens with zero attached hydrogens (tertiary/aromatic N) is 2. The highest BCUT2D eigenvalue weighted by Gasteiger charge is 2.38. The van der Waals surface area contributed by atoms with Gasteiger partial charge in [0, 0.05) is 37.7 Å². The van der Waals surface area contributed by atoms with Gasteiger partial charge in [0.25, 0.3) is 0 Å². The van der Waals surface area contributed by atoms with Gasteiger partial charge in [0.15, 0.2) is 0 Å². The zero-order chi connectivity index (χ0) is 16.1. The summed E-state index contributed by atoms with van der Waals surface area (Å²) in [6.45, 7) is 7.41. The van der Waals surface area contributed by atoms with Crippen molar-refractivity contribution < 1.29 is 13.2 Å². The Bertz CT molecular complexity index is 719. The highest BCUT2D eigenvalue weighted by atomic mass is 32.2. The van der Waals surface area contributed by atoms with E-state index in [4.69, 9.17) is 0 Å². The summed E-state index contributed by atoms with van der Waals surface area (Å²) in [5.41, 5.74) is 1.53. The second kappa shape index (κ2) is 5.06. The van der Waals surface area contributed by atoms with Crippen molar-refractivity contribution in [2.45, 2.75) is 43.9 Å². The van der Waals surface area contributed by atoms with Crippen LogP contribution < -0.4 is 4.90 Å². The predicted molar refractivity (Wildman–Crippen MR) is 85.5 cm³/mol. The van der Waals surface area contributed by atoms with Crippen molar-refractivity contribution in [3.63, 3.8) is 0 Å². The third-order valence-corrected chi connectivity index (χ3v) is 6.52. The molecular weight excluding hydrogens is 300 g/mol. The van der Waals surface area contributed by atoms with Crippen LogP contribution in [0.4, 0.5) is 5.69 Å². The van der Waals surface area contributed by atoms with Gasteiger partial charge in [-0.15, -0.1) is 0 Å². The van der Waals surface area contributed by atoms with Gasteiger partial charge in [-0.25, -0.2) is 8.42 Å². The molecule has 2 aliphatic heterocycles. The maximum Gasteiger partial charge on any atom is 0.243 e. The number of carbonyl (C=O) groups is 1. The van der Waals surface area contributed by atoms with Crippen LogP contribution >= 0.6 is 0 Å². The van der Waals surface area contributed by atoms with Gasteiger partial charge in [-0.05, 0) is 36.6 Å². The van der Waals surface area contributed by atoms with Crippen molar-refractivity contribution in [2.24, 2.45) is 0 Å². The van der Waals surface area contributed by atoms with Crippen molar-refractivity contribution >= 4 is 21.6 Å². The number of sulfonamides is 1. The molecule has 0 aromatic heterocycles. The number of carbonyl (C=O) groups excluding carboxylic acids is 1. The van der Waals surface area contributed by atoms with Crippen LogP contribution in [0.3, 0.4) is 0 Å².